The van der Waals surface area contributed by atoms with Gasteiger partial charge in [0.05, 0.1) is 0 Å². The van der Waals surface area contributed by atoms with Crippen LogP contribution >= 0.6 is 0 Å². The van der Waals surface area contributed by atoms with Gasteiger partial charge in [-0.1, -0.05) is 305 Å². The summed E-state index contributed by atoms with van der Waals surface area (Å²) >= 11 is 0. The van der Waals surface area contributed by atoms with E-state index < -0.39 is 6.10 Å². The van der Waals surface area contributed by atoms with Crippen LogP contribution < -0.4 is 0 Å². The second-order valence-electron chi connectivity index (χ2n) is 22.4. The van der Waals surface area contributed by atoms with Crippen molar-refractivity contribution in [2.75, 3.05) is 13.2 Å². The number of rotatable bonds is 61. The van der Waals surface area contributed by atoms with E-state index in [-0.39, 0.29) is 31.1 Å². The molecule has 1 atom stereocenters. The molecule has 450 valence electrons. The maximum absolute atomic E-state index is 12.9. The van der Waals surface area contributed by atoms with Gasteiger partial charge in [0.1, 0.15) is 13.2 Å². The SMILES string of the molecule is CC/C=C\C/C=C\C/C=C\C/C=C\C/C=C\CCCCCCCCCCCCCC(=O)OCC(COC(=O)CCCCCCCCCCCCCCCC)OC(=O)CCCCCCCCCCC/C=C\C/C=C\CCCCC. The number of hydrogen-bond donors (Lipinski definition) is 0. The normalized spacial score (nSPS) is 12.6. The van der Waals surface area contributed by atoms with E-state index in [1.54, 1.807) is 0 Å². The fourth-order valence-electron chi connectivity index (χ4n) is 9.62. The summed E-state index contributed by atoms with van der Waals surface area (Å²) in [5.41, 5.74) is 0. The third kappa shape index (κ3) is 63.4. The molecule has 0 rings (SSSR count). The molecule has 0 aliphatic carbocycles. The number of carbonyl (C=O) groups excluding carboxylic acids is 3. The molecule has 1 unspecified atom stereocenters. The zero-order valence-corrected chi connectivity index (χ0v) is 51.7. The number of hydrogen-bond acceptors (Lipinski definition) is 6. The van der Waals surface area contributed by atoms with Gasteiger partial charge in [-0.3, -0.25) is 14.4 Å². The lowest BCUT2D eigenvalue weighted by molar-refractivity contribution is -0.167. The van der Waals surface area contributed by atoms with Crippen molar-refractivity contribution in [2.24, 2.45) is 0 Å². The van der Waals surface area contributed by atoms with Gasteiger partial charge in [0.15, 0.2) is 6.10 Å². The molecule has 0 spiro atoms. The molecule has 6 nitrogen and oxygen atoms in total. The Bertz CT molecular complexity index is 1480. The molecule has 0 aromatic carbocycles. The van der Waals surface area contributed by atoms with E-state index in [9.17, 15) is 14.4 Å². The summed E-state index contributed by atoms with van der Waals surface area (Å²) in [5.74, 6) is -0.865. The predicted octanol–water partition coefficient (Wildman–Crippen LogP) is 23.1. The van der Waals surface area contributed by atoms with E-state index in [0.717, 1.165) is 96.3 Å². The zero-order valence-electron chi connectivity index (χ0n) is 51.7. The second-order valence-corrected chi connectivity index (χ2v) is 22.4. The molecule has 0 saturated carbocycles. The Morgan fingerprint density at radius 3 is 0.808 bits per heavy atom. The lowest BCUT2D eigenvalue weighted by Crippen LogP contribution is -2.30. The Kier molecular flexibility index (Phi) is 63.2. The van der Waals surface area contributed by atoms with Crippen molar-refractivity contribution in [1.29, 1.82) is 0 Å². The molecule has 78 heavy (non-hydrogen) atoms. The zero-order chi connectivity index (χ0) is 56.4. The highest BCUT2D eigenvalue weighted by molar-refractivity contribution is 5.71. The molecule has 0 fully saturated rings. The van der Waals surface area contributed by atoms with E-state index in [1.807, 2.05) is 0 Å². The minimum absolute atomic E-state index is 0.0750. The topological polar surface area (TPSA) is 78.9 Å². The van der Waals surface area contributed by atoms with E-state index in [1.165, 1.54) is 199 Å². The molecule has 0 N–H and O–H groups in total. The smallest absolute Gasteiger partial charge is 0.306 e. The lowest BCUT2D eigenvalue weighted by atomic mass is 10.0. The van der Waals surface area contributed by atoms with Crippen molar-refractivity contribution >= 4 is 17.9 Å². The fourth-order valence-corrected chi connectivity index (χ4v) is 9.62. The first-order valence-corrected chi connectivity index (χ1v) is 33.6. The highest BCUT2D eigenvalue weighted by atomic mass is 16.6. The van der Waals surface area contributed by atoms with Gasteiger partial charge in [-0.2, -0.15) is 0 Å². The number of ether oxygens (including phenoxy) is 3. The average molecular weight is 1090 g/mol. The van der Waals surface area contributed by atoms with Crippen molar-refractivity contribution in [3.8, 4) is 0 Å². The first kappa shape index (κ1) is 74.6. The standard InChI is InChI=1S/C72H126O6/c1-4-7-10-13-16-19-22-25-28-30-32-33-34-35-36-37-38-39-41-42-44-47-50-53-56-59-62-65-71(74)77-68-69(67-76-70(73)64-61-58-55-52-49-46-27-24-21-18-15-12-9-6-3)78-72(75)66-63-60-57-54-51-48-45-43-40-31-29-26-23-20-17-14-11-8-5-2/h7,10,16-17,19-20,25-26,28-29,32-33,35-36,69H,4-6,8-9,11-15,18,21-24,27,30-31,34,37-68H2,1-3H3/b10-7-,19-16-,20-17-,28-25-,29-26-,33-32-,36-35-. The van der Waals surface area contributed by atoms with Crippen LogP contribution in [0.1, 0.15) is 335 Å². The Hall–Kier alpha value is -3.41. The minimum Gasteiger partial charge on any atom is -0.462 e. The molecular weight excluding hydrogens is 961 g/mol. The van der Waals surface area contributed by atoms with Crippen molar-refractivity contribution < 1.29 is 28.6 Å². The highest BCUT2D eigenvalue weighted by Gasteiger charge is 2.19. The molecule has 0 bridgehead atoms. The van der Waals surface area contributed by atoms with Crippen LogP contribution in [0.25, 0.3) is 0 Å². The summed E-state index contributed by atoms with van der Waals surface area (Å²) in [4.78, 5) is 38.4. The number of allylic oxidation sites excluding steroid dienone is 14. The quantitative estimate of drug-likeness (QED) is 0.0261. The van der Waals surface area contributed by atoms with Crippen molar-refractivity contribution in [3.05, 3.63) is 85.1 Å². The largest absolute Gasteiger partial charge is 0.462 e. The summed E-state index contributed by atoms with van der Waals surface area (Å²) in [6.07, 6.45) is 87.3. The molecular formula is C72H126O6. The predicted molar refractivity (Wildman–Crippen MR) is 339 cm³/mol. The number of carbonyl (C=O) groups is 3. The second kappa shape index (κ2) is 66.1. The molecule has 0 heterocycles. The molecule has 0 amide bonds. The van der Waals surface area contributed by atoms with Crippen LogP contribution in [0.4, 0.5) is 0 Å². The van der Waals surface area contributed by atoms with Crippen LogP contribution in [0, 0.1) is 0 Å². The van der Waals surface area contributed by atoms with Crippen LogP contribution in [0.15, 0.2) is 85.1 Å². The summed E-state index contributed by atoms with van der Waals surface area (Å²) in [6, 6.07) is 0. The summed E-state index contributed by atoms with van der Waals surface area (Å²) < 4.78 is 17.0. The van der Waals surface area contributed by atoms with Crippen molar-refractivity contribution in [3.63, 3.8) is 0 Å². The maximum Gasteiger partial charge on any atom is 0.306 e. The summed E-state index contributed by atoms with van der Waals surface area (Å²) in [7, 11) is 0. The molecule has 0 radical (unpaired) electrons. The van der Waals surface area contributed by atoms with Crippen molar-refractivity contribution in [2.45, 2.75) is 341 Å². The summed E-state index contributed by atoms with van der Waals surface area (Å²) in [5, 5.41) is 0. The minimum atomic E-state index is -0.779. The van der Waals surface area contributed by atoms with Gasteiger partial charge in [-0.05, 0) is 96.3 Å². The fraction of sp³-hybridized carbons (Fsp3) is 0.764. The molecule has 0 aliphatic heterocycles. The van der Waals surface area contributed by atoms with E-state index in [2.05, 4.69) is 106 Å². The van der Waals surface area contributed by atoms with Gasteiger partial charge < -0.3 is 14.2 Å². The van der Waals surface area contributed by atoms with Crippen LogP contribution in [0.2, 0.25) is 0 Å². The molecule has 6 heteroatoms. The Morgan fingerprint density at radius 1 is 0.269 bits per heavy atom. The van der Waals surface area contributed by atoms with Gasteiger partial charge in [0.2, 0.25) is 0 Å². The Balaban J connectivity index is 4.30. The Labute approximate surface area is 484 Å². The average Bonchev–Trinajstić information content (AvgIpc) is 3.44. The van der Waals surface area contributed by atoms with Crippen LogP contribution in [0.3, 0.4) is 0 Å². The van der Waals surface area contributed by atoms with Gasteiger partial charge in [0, 0.05) is 19.3 Å². The van der Waals surface area contributed by atoms with Gasteiger partial charge in [-0.25, -0.2) is 0 Å². The molecule has 0 aromatic rings. The van der Waals surface area contributed by atoms with Crippen molar-refractivity contribution in [1.82, 2.24) is 0 Å². The van der Waals surface area contributed by atoms with Crippen LogP contribution in [-0.2, 0) is 28.6 Å². The molecule has 0 aliphatic rings. The molecule has 0 aromatic heterocycles. The van der Waals surface area contributed by atoms with Gasteiger partial charge in [0.25, 0.3) is 0 Å². The number of unbranched alkanes of at least 4 members (excludes halogenated alkanes) is 36. The number of esters is 3. The Morgan fingerprint density at radius 2 is 0.500 bits per heavy atom. The third-order valence-corrected chi connectivity index (χ3v) is 14.6. The van der Waals surface area contributed by atoms with Crippen LogP contribution in [0.5, 0.6) is 0 Å². The lowest BCUT2D eigenvalue weighted by Gasteiger charge is -2.18. The van der Waals surface area contributed by atoms with E-state index >= 15 is 0 Å². The monoisotopic (exact) mass is 1090 g/mol. The molecule has 0 saturated heterocycles. The van der Waals surface area contributed by atoms with Gasteiger partial charge in [-0.15, -0.1) is 0 Å². The highest BCUT2D eigenvalue weighted by Crippen LogP contribution is 2.17. The first-order chi connectivity index (χ1) is 38.5. The first-order valence-electron chi connectivity index (χ1n) is 33.6. The van der Waals surface area contributed by atoms with E-state index in [4.69, 9.17) is 14.2 Å². The maximum atomic E-state index is 12.9. The third-order valence-electron chi connectivity index (χ3n) is 14.6. The van der Waals surface area contributed by atoms with Gasteiger partial charge >= 0.3 is 17.9 Å². The van der Waals surface area contributed by atoms with Crippen LogP contribution in [-0.4, -0.2) is 37.2 Å². The summed E-state index contributed by atoms with van der Waals surface area (Å²) in [6.45, 7) is 6.54. The van der Waals surface area contributed by atoms with E-state index in [0.29, 0.717) is 19.3 Å².